The Morgan fingerprint density at radius 1 is 1.24 bits per heavy atom. The summed E-state index contributed by atoms with van der Waals surface area (Å²) >= 11 is 0. The van der Waals surface area contributed by atoms with E-state index in [4.69, 9.17) is 6.57 Å². The summed E-state index contributed by atoms with van der Waals surface area (Å²) in [4.78, 5) is 3.34. The highest BCUT2D eigenvalue weighted by atomic mass is 28.3. The van der Waals surface area contributed by atoms with E-state index in [1.165, 1.54) is 0 Å². The van der Waals surface area contributed by atoms with Crippen LogP contribution in [0.4, 0.5) is 10.1 Å². The van der Waals surface area contributed by atoms with Gasteiger partial charge < -0.3 is 5.11 Å². The van der Waals surface area contributed by atoms with Crippen LogP contribution in [0.15, 0.2) is 12.1 Å². The van der Waals surface area contributed by atoms with E-state index in [1.807, 2.05) is 6.07 Å². The molecule has 2 fully saturated rings. The van der Waals surface area contributed by atoms with Crippen LogP contribution in [0.5, 0.6) is 0 Å². The summed E-state index contributed by atoms with van der Waals surface area (Å²) in [5.41, 5.74) is 4.69. The number of halogens is 1. The molecule has 29 heavy (non-hydrogen) atoms. The van der Waals surface area contributed by atoms with Crippen molar-refractivity contribution in [3.63, 3.8) is 0 Å². The quantitative estimate of drug-likeness (QED) is 0.332. The molecule has 2 saturated carbocycles. The van der Waals surface area contributed by atoms with Crippen LogP contribution in [0.25, 0.3) is 4.85 Å². The molecule has 1 aromatic rings. The smallest absolute Gasteiger partial charge is 0.222 e. The second kappa shape index (κ2) is 6.97. The van der Waals surface area contributed by atoms with Gasteiger partial charge >= 0.3 is 0 Å². The zero-order valence-corrected chi connectivity index (χ0v) is 19.1. The maximum Gasteiger partial charge on any atom is 0.222 e. The molecule has 1 aromatic carbocycles. The van der Waals surface area contributed by atoms with Gasteiger partial charge in [0.15, 0.2) is 0 Å². The Balaban J connectivity index is 1.62. The average molecular weight is 410 g/mol. The molecule has 0 aliphatic heterocycles. The van der Waals surface area contributed by atoms with Gasteiger partial charge in [0.25, 0.3) is 0 Å². The molecule has 0 heterocycles. The fraction of sp³-hybridized carbons (Fsp3) is 0.640. The first-order valence-electron chi connectivity index (χ1n) is 11.0. The minimum Gasteiger partial charge on any atom is -0.388 e. The van der Waals surface area contributed by atoms with Crippen LogP contribution >= 0.6 is 0 Å². The third-order valence-corrected chi connectivity index (χ3v) is 9.04. The molecular weight excluding hydrogens is 377 g/mol. The maximum absolute atomic E-state index is 14.7. The fourth-order valence-electron chi connectivity index (χ4n) is 6.55. The van der Waals surface area contributed by atoms with Crippen molar-refractivity contribution in [2.45, 2.75) is 83.0 Å². The van der Waals surface area contributed by atoms with Crippen molar-refractivity contribution in [3.05, 3.63) is 40.5 Å². The van der Waals surface area contributed by atoms with Gasteiger partial charge in [0, 0.05) is 11.8 Å². The number of rotatable bonds is 1. The van der Waals surface area contributed by atoms with Gasteiger partial charge in [0.2, 0.25) is 5.69 Å². The van der Waals surface area contributed by atoms with Gasteiger partial charge in [-0.2, -0.15) is 0 Å². The van der Waals surface area contributed by atoms with Crippen molar-refractivity contribution in [2.75, 3.05) is 0 Å². The van der Waals surface area contributed by atoms with Gasteiger partial charge in [-0.15, -0.1) is 11.5 Å². The van der Waals surface area contributed by atoms with Crippen molar-refractivity contribution in [1.82, 2.24) is 0 Å². The first kappa shape index (κ1) is 20.6. The van der Waals surface area contributed by atoms with Crippen LogP contribution in [0, 0.1) is 41.1 Å². The molecule has 154 valence electrons. The maximum atomic E-state index is 14.7. The number of fused-ring (bicyclic) bond motifs is 5. The second-order valence-electron chi connectivity index (χ2n) is 10.7. The Morgan fingerprint density at radius 3 is 2.69 bits per heavy atom. The Labute approximate surface area is 175 Å². The SMILES string of the molecule is [C-]#[N+]c1ccc2c(c1F)CCC1C2CC[C@@]2(C)C1CC[C@@]2(O)CC#C[Si](C)(C)C. The lowest BCUT2D eigenvalue weighted by Crippen LogP contribution is -2.50. The summed E-state index contributed by atoms with van der Waals surface area (Å²) in [7, 11) is -1.44. The molecule has 4 rings (SSSR count). The topological polar surface area (TPSA) is 24.6 Å². The fourth-order valence-corrected chi connectivity index (χ4v) is 7.17. The molecule has 3 aliphatic carbocycles. The van der Waals surface area contributed by atoms with E-state index in [1.54, 1.807) is 6.07 Å². The van der Waals surface area contributed by atoms with Crippen molar-refractivity contribution in [2.24, 2.45) is 17.3 Å². The van der Waals surface area contributed by atoms with E-state index < -0.39 is 13.7 Å². The molecule has 3 aliphatic rings. The molecule has 0 spiro atoms. The lowest BCUT2D eigenvalue weighted by molar-refractivity contribution is -0.0991. The highest BCUT2D eigenvalue weighted by molar-refractivity contribution is 6.83. The van der Waals surface area contributed by atoms with Gasteiger partial charge in [0.05, 0.1) is 12.2 Å². The number of hydrogen-bond donors (Lipinski definition) is 1. The highest BCUT2D eigenvalue weighted by Crippen LogP contribution is 2.65. The zero-order valence-electron chi connectivity index (χ0n) is 18.1. The molecule has 0 amide bonds. The van der Waals surface area contributed by atoms with Gasteiger partial charge in [-0.05, 0) is 67.4 Å². The molecule has 4 heteroatoms. The first-order valence-corrected chi connectivity index (χ1v) is 14.5. The van der Waals surface area contributed by atoms with Gasteiger partial charge in [-0.25, -0.2) is 9.24 Å². The van der Waals surface area contributed by atoms with Crippen LogP contribution in [0.1, 0.15) is 62.5 Å². The Hall–Kier alpha value is -1.62. The van der Waals surface area contributed by atoms with E-state index in [2.05, 4.69) is 42.9 Å². The molecule has 5 atom stereocenters. The summed E-state index contributed by atoms with van der Waals surface area (Å²) in [5.74, 6) is 4.39. The number of hydrogen-bond acceptors (Lipinski definition) is 1. The minimum atomic E-state index is -1.44. The molecule has 2 nitrogen and oxygen atoms in total. The average Bonchev–Trinajstić information content (AvgIpc) is 2.92. The van der Waals surface area contributed by atoms with E-state index >= 15 is 0 Å². The van der Waals surface area contributed by atoms with Gasteiger partial charge in [0.1, 0.15) is 13.9 Å². The van der Waals surface area contributed by atoms with E-state index in [-0.39, 0.29) is 16.9 Å². The van der Waals surface area contributed by atoms with E-state index in [9.17, 15) is 9.50 Å². The number of aliphatic hydroxyl groups is 1. The van der Waals surface area contributed by atoms with Crippen LogP contribution < -0.4 is 0 Å². The Morgan fingerprint density at radius 2 is 2.00 bits per heavy atom. The first-order chi connectivity index (χ1) is 13.6. The van der Waals surface area contributed by atoms with Crippen LogP contribution in [-0.2, 0) is 6.42 Å². The largest absolute Gasteiger partial charge is 0.388 e. The number of nitrogens with zero attached hydrogens (tertiary/aromatic N) is 1. The Kier molecular flexibility index (Phi) is 4.96. The zero-order chi connectivity index (χ0) is 21.0. The van der Waals surface area contributed by atoms with Crippen LogP contribution in [0.2, 0.25) is 19.6 Å². The van der Waals surface area contributed by atoms with Crippen molar-refractivity contribution in [3.8, 4) is 11.5 Å². The van der Waals surface area contributed by atoms with Crippen LogP contribution in [-0.4, -0.2) is 18.8 Å². The molecule has 0 aromatic heterocycles. The summed E-state index contributed by atoms with van der Waals surface area (Å²) < 4.78 is 14.7. The summed E-state index contributed by atoms with van der Waals surface area (Å²) in [5, 5.41) is 11.7. The van der Waals surface area contributed by atoms with Crippen molar-refractivity contribution >= 4 is 13.8 Å². The molecule has 0 radical (unpaired) electrons. The standard InChI is InChI=1S/C25H32FNOSi/c1-24-14-11-18-17-9-10-22(27-2)23(26)20(17)8-7-19(18)21(24)12-15-25(24,28)13-6-16-29(3,4)5/h9-10,18-19,21,28H,7-8,11-15H2,1,3-5H3/t18?,19?,21?,24-,25-/m0/s1. The molecule has 0 saturated heterocycles. The monoisotopic (exact) mass is 409 g/mol. The van der Waals surface area contributed by atoms with Crippen LogP contribution in [0.3, 0.4) is 0 Å². The van der Waals surface area contributed by atoms with Gasteiger partial charge in [-0.3, -0.25) is 0 Å². The number of benzene rings is 1. The normalized spacial score (nSPS) is 35.6. The third kappa shape index (κ3) is 3.26. The van der Waals surface area contributed by atoms with Crippen molar-refractivity contribution < 1.29 is 9.50 Å². The molecule has 1 N–H and O–H groups in total. The summed E-state index contributed by atoms with van der Waals surface area (Å²) in [6.07, 6.45) is 6.09. The minimum absolute atomic E-state index is 0.102. The molecule has 3 unspecified atom stereocenters. The lowest BCUT2D eigenvalue weighted by atomic mass is 9.53. The summed E-state index contributed by atoms with van der Waals surface area (Å²) in [6, 6.07) is 3.67. The van der Waals surface area contributed by atoms with Gasteiger partial charge in [-0.1, -0.05) is 38.7 Å². The van der Waals surface area contributed by atoms with E-state index in [0.717, 1.165) is 43.2 Å². The molecule has 0 bridgehead atoms. The predicted octanol–water partition coefficient (Wildman–Crippen LogP) is 6.23. The molecular formula is C25H32FNOSi. The Bertz CT molecular complexity index is 933. The van der Waals surface area contributed by atoms with E-state index in [0.29, 0.717) is 30.6 Å². The summed E-state index contributed by atoms with van der Waals surface area (Å²) in [6.45, 7) is 16.2. The predicted molar refractivity (Wildman–Crippen MR) is 118 cm³/mol. The lowest BCUT2D eigenvalue weighted by Gasteiger charge is -2.53. The third-order valence-electron chi connectivity index (χ3n) is 8.11. The highest BCUT2D eigenvalue weighted by Gasteiger charge is 2.61. The second-order valence-corrected chi connectivity index (χ2v) is 15.5. The van der Waals surface area contributed by atoms with Crippen molar-refractivity contribution in [1.29, 1.82) is 0 Å².